The van der Waals surface area contributed by atoms with E-state index in [0.717, 1.165) is 36.4 Å². The second kappa shape index (κ2) is 10.5. The Morgan fingerprint density at radius 1 is 1.17 bits per heavy atom. The van der Waals surface area contributed by atoms with Crippen LogP contribution in [0.2, 0.25) is 0 Å². The van der Waals surface area contributed by atoms with Gasteiger partial charge in [-0.1, -0.05) is 12.1 Å². The molecule has 3 aromatic heterocycles. The minimum absolute atomic E-state index is 0.0373. The quantitative estimate of drug-likeness (QED) is 0.600. The second-order valence-electron chi connectivity index (χ2n) is 7.93. The lowest BCUT2D eigenvalue weighted by Crippen LogP contribution is -2.29. The zero-order chi connectivity index (χ0) is 25.8. The summed E-state index contributed by atoms with van der Waals surface area (Å²) in [6.45, 7) is 2.72. The molecular formula is C23H24F3N5O4. The van der Waals surface area contributed by atoms with Gasteiger partial charge in [0.1, 0.15) is 5.82 Å². The summed E-state index contributed by atoms with van der Waals surface area (Å²) in [5.74, 6) is -2.13. The van der Waals surface area contributed by atoms with Crippen molar-refractivity contribution in [3.8, 4) is 0 Å². The van der Waals surface area contributed by atoms with E-state index in [1.807, 2.05) is 51.9 Å². The van der Waals surface area contributed by atoms with Gasteiger partial charge < -0.3 is 19.3 Å². The molecule has 3 aromatic rings. The number of pyridine rings is 2. The van der Waals surface area contributed by atoms with Crippen molar-refractivity contribution in [2.45, 2.75) is 38.5 Å². The molecule has 0 spiro atoms. The van der Waals surface area contributed by atoms with Crippen molar-refractivity contribution < 1.29 is 32.7 Å². The highest BCUT2D eigenvalue weighted by Crippen LogP contribution is 2.32. The van der Waals surface area contributed by atoms with Crippen LogP contribution >= 0.6 is 0 Å². The van der Waals surface area contributed by atoms with Gasteiger partial charge in [0.25, 0.3) is 5.91 Å². The van der Waals surface area contributed by atoms with E-state index in [1.165, 1.54) is 0 Å². The van der Waals surface area contributed by atoms with Crippen molar-refractivity contribution in [3.05, 3.63) is 66.0 Å². The summed E-state index contributed by atoms with van der Waals surface area (Å²) in [6.07, 6.45) is 0.331. The van der Waals surface area contributed by atoms with Crippen LogP contribution in [0.4, 0.5) is 13.2 Å². The van der Waals surface area contributed by atoms with Crippen molar-refractivity contribution in [3.63, 3.8) is 0 Å². The van der Waals surface area contributed by atoms with Gasteiger partial charge in [0.05, 0.1) is 23.8 Å². The maximum absolute atomic E-state index is 13.1. The van der Waals surface area contributed by atoms with Crippen molar-refractivity contribution >= 4 is 23.3 Å². The molecule has 2 amide bonds. The van der Waals surface area contributed by atoms with E-state index in [0.29, 0.717) is 12.2 Å². The zero-order valence-corrected chi connectivity index (χ0v) is 19.1. The molecule has 0 saturated carbocycles. The lowest BCUT2D eigenvalue weighted by molar-refractivity contribution is -0.192. The highest BCUT2D eigenvalue weighted by atomic mass is 19.4. The predicted molar refractivity (Wildman–Crippen MR) is 118 cm³/mol. The van der Waals surface area contributed by atoms with Gasteiger partial charge in [0.2, 0.25) is 5.91 Å². The number of amides is 2. The highest BCUT2D eigenvalue weighted by molar-refractivity contribution is 5.99. The van der Waals surface area contributed by atoms with Gasteiger partial charge in [0, 0.05) is 32.9 Å². The molecule has 1 unspecified atom stereocenters. The maximum Gasteiger partial charge on any atom is 0.490 e. The van der Waals surface area contributed by atoms with Crippen molar-refractivity contribution in [2.75, 3.05) is 13.6 Å². The first-order valence-electron chi connectivity index (χ1n) is 10.7. The number of carbonyl (C=O) groups excluding carboxylic acids is 2. The van der Waals surface area contributed by atoms with Crippen molar-refractivity contribution in [1.29, 1.82) is 0 Å². The number of carboxylic acid groups (broad SMARTS) is 1. The number of carbonyl (C=O) groups is 3. The molecule has 9 nitrogen and oxygen atoms in total. The monoisotopic (exact) mass is 491 g/mol. The van der Waals surface area contributed by atoms with Gasteiger partial charge in [-0.05, 0) is 37.1 Å². The standard InChI is InChI=1S/C21H23N5O2.C2HF3O2/c1-15(27)25-13-7-10-18(25)20-23-19(17-9-4-6-12-26(17)20)21(28)24(2)14-16-8-3-5-11-22-16;3-2(4,5)1(6)7/h3-6,8-9,11-12,18H,7,10,13-14H2,1-2H3;(H,6,7). The Labute approximate surface area is 198 Å². The van der Waals surface area contributed by atoms with Gasteiger partial charge in [-0.2, -0.15) is 13.2 Å². The number of fused-ring (bicyclic) bond motifs is 1. The lowest BCUT2D eigenvalue weighted by Gasteiger charge is -2.22. The molecule has 1 aliphatic rings. The van der Waals surface area contributed by atoms with Crippen LogP contribution in [0, 0.1) is 0 Å². The number of hydrogen-bond donors (Lipinski definition) is 1. The Hall–Kier alpha value is -3.96. The lowest BCUT2D eigenvalue weighted by atomic mass is 10.2. The number of hydrogen-bond acceptors (Lipinski definition) is 5. The second-order valence-corrected chi connectivity index (χ2v) is 7.93. The third-order valence-corrected chi connectivity index (χ3v) is 5.45. The number of rotatable bonds is 4. The first kappa shape index (κ1) is 25.7. The number of carboxylic acids is 1. The minimum atomic E-state index is -5.08. The normalized spacial score (nSPS) is 15.5. The number of halogens is 3. The predicted octanol–water partition coefficient (Wildman–Crippen LogP) is 3.32. The summed E-state index contributed by atoms with van der Waals surface area (Å²) in [6, 6.07) is 11.2. The number of aliphatic carboxylic acids is 1. The summed E-state index contributed by atoms with van der Waals surface area (Å²) in [5.41, 5.74) is 1.98. The maximum atomic E-state index is 13.1. The first-order chi connectivity index (χ1) is 16.5. The van der Waals surface area contributed by atoms with Crippen LogP contribution in [-0.4, -0.2) is 66.8 Å². The molecule has 35 heavy (non-hydrogen) atoms. The molecule has 0 bridgehead atoms. The molecule has 4 heterocycles. The molecule has 0 aromatic carbocycles. The largest absolute Gasteiger partial charge is 0.490 e. The molecule has 1 atom stereocenters. The van der Waals surface area contributed by atoms with Gasteiger partial charge in [-0.3, -0.25) is 14.6 Å². The van der Waals surface area contributed by atoms with Gasteiger partial charge in [-0.25, -0.2) is 9.78 Å². The molecule has 4 rings (SSSR count). The smallest absolute Gasteiger partial charge is 0.475 e. The number of aromatic nitrogens is 3. The third kappa shape index (κ3) is 5.94. The minimum Gasteiger partial charge on any atom is -0.475 e. The average molecular weight is 491 g/mol. The van der Waals surface area contributed by atoms with E-state index in [4.69, 9.17) is 14.9 Å². The van der Waals surface area contributed by atoms with Gasteiger partial charge in [0.15, 0.2) is 5.69 Å². The van der Waals surface area contributed by atoms with E-state index in [1.54, 1.807) is 25.1 Å². The van der Waals surface area contributed by atoms with E-state index in [9.17, 15) is 22.8 Å². The summed E-state index contributed by atoms with van der Waals surface area (Å²) in [7, 11) is 1.75. The summed E-state index contributed by atoms with van der Waals surface area (Å²) >= 11 is 0. The Kier molecular flexibility index (Phi) is 7.72. The zero-order valence-electron chi connectivity index (χ0n) is 19.1. The van der Waals surface area contributed by atoms with E-state index in [-0.39, 0.29) is 17.9 Å². The Morgan fingerprint density at radius 2 is 1.86 bits per heavy atom. The van der Waals surface area contributed by atoms with Crippen LogP contribution in [-0.2, 0) is 16.1 Å². The molecule has 12 heteroatoms. The van der Waals surface area contributed by atoms with Crippen LogP contribution in [0.5, 0.6) is 0 Å². The average Bonchev–Trinajstić information content (AvgIpc) is 3.44. The first-order valence-corrected chi connectivity index (χ1v) is 10.7. The molecule has 1 aliphatic heterocycles. The van der Waals surface area contributed by atoms with Gasteiger partial charge >= 0.3 is 12.1 Å². The van der Waals surface area contributed by atoms with E-state index >= 15 is 0 Å². The Bertz CT molecular complexity index is 1210. The van der Waals surface area contributed by atoms with Crippen LogP contribution in [0.1, 0.15) is 47.8 Å². The van der Waals surface area contributed by atoms with Crippen molar-refractivity contribution in [1.82, 2.24) is 24.2 Å². The molecule has 186 valence electrons. The summed E-state index contributed by atoms with van der Waals surface area (Å²) < 4.78 is 33.7. The topological polar surface area (TPSA) is 108 Å². The molecular weight excluding hydrogens is 467 g/mol. The van der Waals surface area contributed by atoms with Crippen LogP contribution in [0.15, 0.2) is 48.8 Å². The fourth-order valence-corrected chi connectivity index (χ4v) is 3.85. The number of alkyl halides is 3. The van der Waals surface area contributed by atoms with Crippen molar-refractivity contribution in [2.24, 2.45) is 0 Å². The van der Waals surface area contributed by atoms with E-state index < -0.39 is 12.1 Å². The molecule has 1 fully saturated rings. The fourth-order valence-electron chi connectivity index (χ4n) is 3.85. The summed E-state index contributed by atoms with van der Waals surface area (Å²) in [5, 5.41) is 7.12. The number of imidazole rings is 1. The van der Waals surface area contributed by atoms with Gasteiger partial charge in [-0.15, -0.1) is 0 Å². The number of likely N-dealkylation sites (tertiary alicyclic amines) is 1. The Morgan fingerprint density at radius 3 is 2.46 bits per heavy atom. The fraction of sp³-hybridized carbons (Fsp3) is 0.348. The summed E-state index contributed by atoms with van der Waals surface area (Å²) in [4.78, 5) is 46.5. The van der Waals surface area contributed by atoms with E-state index in [2.05, 4.69) is 4.98 Å². The SMILES string of the molecule is CC(=O)N1CCCC1c1nc(C(=O)N(C)Cc2ccccn2)c2ccccn12.O=C(O)C(F)(F)F. The highest BCUT2D eigenvalue weighted by Gasteiger charge is 2.38. The van der Waals surface area contributed by atoms with Crippen LogP contribution < -0.4 is 0 Å². The Balaban J connectivity index is 0.000000429. The molecule has 0 aliphatic carbocycles. The molecule has 1 saturated heterocycles. The van der Waals surface area contributed by atoms with Crippen LogP contribution in [0.25, 0.3) is 5.52 Å². The van der Waals surface area contributed by atoms with Crippen LogP contribution in [0.3, 0.4) is 0 Å². The number of nitrogens with zero attached hydrogens (tertiary/aromatic N) is 5. The molecule has 1 N–H and O–H groups in total. The third-order valence-electron chi connectivity index (χ3n) is 5.45. The molecule has 0 radical (unpaired) electrons.